The first-order chi connectivity index (χ1) is 3.89. The summed E-state index contributed by atoms with van der Waals surface area (Å²) in [7, 11) is 0. The summed E-state index contributed by atoms with van der Waals surface area (Å²) >= 11 is 5.56. The first kappa shape index (κ1) is 5.36. The molecule has 0 aliphatic carbocycles. The number of hydrogen-bond donors (Lipinski definition) is 0. The maximum absolute atomic E-state index is 5.56. The zero-order valence-electron chi connectivity index (χ0n) is 4.13. The summed E-state index contributed by atoms with van der Waals surface area (Å²) < 4.78 is 0. The third-order valence-corrected chi connectivity index (χ3v) is 0.952. The fraction of sp³-hybridized carbons (Fsp3) is 0. The highest BCUT2D eigenvalue weighted by Gasteiger charge is 1.80. The largest absolute Gasteiger partial charge is 0.214 e. The van der Waals surface area contributed by atoms with E-state index in [1.807, 2.05) is 0 Å². The SMILES string of the molecule is ClC1=CC=C=NC=C1. The first-order valence-electron chi connectivity index (χ1n) is 2.20. The molecule has 40 valence electrons. The summed E-state index contributed by atoms with van der Waals surface area (Å²) in [5.74, 6) is 2.63. The van der Waals surface area contributed by atoms with Crippen LogP contribution in [0.15, 0.2) is 34.5 Å². The van der Waals surface area contributed by atoms with Gasteiger partial charge < -0.3 is 0 Å². The van der Waals surface area contributed by atoms with Crippen LogP contribution in [0.5, 0.6) is 0 Å². The highest BCUT2D eigenvalue weighted by Crippen LogP contribution is 2.03. The van der Waals surface area contributed by atoms with Crippen LogP contribution in [-0.4, -0.2) is 5.87 Å². The molecule has 0 radical (unpaired) electrons. The van der Waals surface area contributed by atoms with Gasteiger partial charge in [-0.2, -0.15) is 0 Å². The van der Waals surface area contributed by atoms with Crippen molar-refractivity contribution >= 4 is 17.5 Å². The molecule has 0 aromatic rings. The van der Waals surface area contributed by atoms with E-state index in [0.717, 1.165) is 0 Å². The molecule has 2 heteroatoms. The lowest BCUT2D eigenvalue weighted by Crippen LogP contribution is -1.55. The second-order valence-corrected chi connectivity index (χ2v) is 1.73. The second-order valence-electron chi connectivity index (χ2n) is 1.29. The van der Waals surface area contributed by atoms with E-state index in [0.29, 0.717) is 5.03 Å². The van der Waals surface area contributed by atoms with Crippen LogP contribution in [0.1, 0.15) is 0 Å². The van der Waals surface area contributed by atoms with E-state index in [2.05, 4.69) is 10.9 Å². The summed E-state index contributed by atoms with van der Waals surface area (Å²) in [6.45, 7) is 0. The Morgan fingerprint density at radius 1 is 1.62 bits per heavy atom. The molecule has 0 N–H and O–H groups in total. The zero-order chi connectivity index (χ0) is 5.82. The fourth-order valence-corrected chi connectivity index (χ4v) is 0.486. The minimum Gasteiger partial charge on any atom is -0.214 e. The molecule has 1 nitrogen and oxygen atoms in total. The average Bonchev–Trinajstić information content (AvgIpc) is 1.94. The third kappa shape index (κ3) is 1.38. The standard InChI is InChI=1S/C6H4ClN/c7-6-2-1-4-8-5-3-6/h1-3,5H. The van der Waals surface area contributed by atoms with Crippen molar-refractivity contribution in [2.45, 2.75) is 0 Å². The van der Waals surface area contributed by atoms with Crippen LogP contribution < -0.4 is 0 Å². The van der Waals surface area contributed by atoms with Crippen molar-refractivity contribution in [3.8, 4) is 0 Å². The van der Waals surface area contributed by atoms with E-state index < -0.39 is 0 Å². The van der Waals surface area contributed by atoms with Crippen molar-refractivity contribution in [1.82, 2.24) is 0 Å². The molecule has 0 amide bonds. The Balaban J connectivity index is 2.90. The number of hydrogen-bond acceptors (Lipinski definition) is 1. The maximum Gasteiger partial charge on any atom is 0.0428 e. The molecule has 0 saturated carbocycles. The summed E-state index contributed by atoms with van der Waals surface area (Å²) in [5.41, 5.74) is 0. The van der Waals surface area contributed by atoms with Crippen LogP contribution in [0.2, 0.25) is 0 Å². The van der Waals surface area contributed by atoms with E-state index in [-0.39, 0.29) is 0 Å². The van der Waals surface area contributed by atoms with Gasteiger partial charge in [-0.15, -0.1) is 0 Å². The topological polar surface area (TPSA) is 12.4 Å². The molecule has 0 saturated heterocycles. The van der Waals surface area contributed by atoms with Crippen LogP contribution in [0.4, 0.5) is 0 Å². The molecule has 0 spiro atoms. The Kier molecular flexibility index (Phi) is 1.68. The molecule has 0 fully saturated rings. The molecular formula is C6H4ClN. The first-order valence-corrected chi connectivity index (χ1v) is 2.58. The summed E-state index contributed by atoms with van der Waals surface area (Å²) in [4.78, 5) is 3.70. The minimum atomic E-state index is 0.679. The van der Waals surface area contributed by atoms with Crippen molar-refractivity contribution in [3.63, 3.8) is 0 Å². The molecule has 1 rings (SSSR count). The monoisotopic (exact) mass is 125 g/mol. The Labute approximate surface area is 52.7 Å². The van der Waals surface area contributed by atoms with Crippen molar-refractivity contribution in [1.29, 1.82) is 0 Å². The molecular weight excluding hydrogens is 122 g/mol. The van der Waals surface area contributed by atoms with E-state index in [1.165, 1.54) is 0 Å². The Hall–Kier alpha value is -0.780. The van der Waals surface area contributed by atoms with Crippen LogP contribution in [-0.2, 0) is 0 Å². The molecule has 1 aliphatic heterocycles. The molecule has 1 heterocycles. The van der Waals surface area contributed by atoms with Crippen LogP contribution in [0, 0.1) is 0 Å². The van der Waals surface area contributed by atoms with Gasteiger partial charge in [-0.25, -0.2) is 4.99 Å². The summed E-state index contributed by atoms with van der Waals surface area (Å²) in [5, 5.41) is 0.679. The van der Waals surface area contributed by atoms with Gasteiger partial charge in [0.15, 0.2) is 0 Å². The van der Waals surface area contributed by atoms with Gasteiger partial charge in [0.25, 0.3) is 0 Å². The minimum absolute atomic E-state index is 0.679. The van der Waals surface area contributed by atoms with Gasteiger partial charge in [-0.3, -0.25) is 0 Å². The number of nitrogens with zero attached hydrogens (tertiary/aromatic N) is 1. The van der Waals surface area contributed by atoms with Crippen molar-refractivity contribution < 1.29 is 0 Å². The Morgan fingerprint density at radius 3 is 3.38 bits per heavy atom. The van der Waals surface area contributed by atoms with E-state index in [9.17, 15) is 0 Å². The average molecular weight is 126 g/mol. The molecule has 0 unspecified atom stereocenters. The van der Waals surface area contributed by atoms with Gasteiger partial charge in [0.1, 0.15) is 0 Å². The van der Waals surface area contributed by atoms with E-state index >= 15 is 0 Å². The number of halogens is 1. The summed E-state index contributed by atoms with van der Waals surface area (Å²) in [6, 6.07) is 0. The van der Waals surface area contributed by atoms with Crippen LogP contribution in [0.3, 0.4) is 0 Å². The van der Waals surface area contributed by atoms with Crippen LogP contribution >= 0.6 is 11.6 Å². The molecule has 1 aliphatic rings. The summed E-state index contributed by atoms with van der Waals surface area (Å²) in [6.07, 6.45) is 6.71. The van der Waals surface area contributed by atoms with E-state index in [1.54, 1.807) is 24.4 Å². The van der Waals surface area contributed by atoms with Gasteiger partial charge in [0.2, 0.25) is 0 Å². The van der Waals surface area contributed by atoms with Gasteiger partial charge >= 0.3 is 0 Å². The predicted octanol–water partition coefficient (Wildman–Crippen LogP) is 1.86. The van der Waals surface area contributed by atoms with E-state index in [4.69, 9.17) is 11.6 Å². The van der Waals surface area contributed by atoms with Crippen LogP contribution in [0.25, 0.3) is 0 Å². The lowest BCUT2D eigenvalue weighted by Gasteiger charge is -1.76. The highest BCUT2D eigenvalue weighted by atomic mass is 35.5. The fourth-order valence-electron chi connectivity index (χ4n) is 0.367. The third-order valence-electron chi connectivity index (χ3n) is 0.700. The Bertz CT molecular complexity index is 195. The second kappa shape index (κ2) is 2.51. The van der Waals surface area contributed by atoms with Gasteiger partial charge in [-0.1, -0.05) is 11.6 Å². The van der Waals surface area contributed by atoms with Crippen molar-refractivity contribution in [3.05, 3.63) is 29.5 Å². The van der Waals surface area contributed by atoms with Crippen molar-refractivity contribution in [2.24, 2.45) is 4.99 Å². The molecule has 0 aromatic carbocycles. The van der Waals surface area contributed by atoms with Gasteiger partial charge in [-0.05, 0) is 18.0 Å². The number of rotatable bonds is 0. The normalized spacial score (nSPS) is 15.9. The lowest BCUT2D eigenvalue weighted by atomic mass is 10.5. The molecule has 0 bridgehead atoms. The Morgan fingerprint density at radius 2 is 2.50 bits per heavy atom. The molecule has 8 heavy (non-hydrogen) atoms. The van der Waals surface area contributed by atoms with Crippen molar-refractivity contribution in [2.75, 3.05) is 0 Å². The highest BCUT2D eigenvalue weighted by molar-refractivity contribution is 6.31. The maximum atomic E-state index is 5.56. The molecule has 0 aromatic heterocycles. The van der Waals surface area contributed by atoms with Gasteiger partial charge in [0.05, 0.1) is 0 Å². The lowest BCUT2D eigenvalue weighted by molar-refractivity contribution is 1.61. The quantitative estimate of drug-likeness (QED) is 0.469. The van der Waals surface area contributed by atoms with Gasteiger partial charge in [0, 0.05) is 17.3 Å². The number of aliphatic imine (C=N–C) groups is 1. The molecule has 0 atom stereocenters. The number of allylic oxidation sites excluding steroid dienone is 4. The predicted molar refractivity (Wildman–Crippen MR) is 35.1 cm³/mol. The smallest absolute Gasteiger partial charge is 0.0428 e. The zero-order valence-corrected chi connectivity index (χ0v) is 4.89.